The fourth-order valence-corrected chi connectivity index (χ4v) is 2.34. The van der Waals surface area contributed by atoms with Gasteiger partial charge >= 0.3 is 0 Å². The van der Waals surface area contributed by atoms with Crippen LogP contribution in [0.5, 0.6) is 5.88 Å². The maximum absolute atomic E-state index is 9.12. The smallest absolute Gasteiger partial charge is 0.228 e. The quantitative estimate of drug-likeness (QED) is 0.550. The van der Waals surface area contributed by atoms with Gasteiger partial charge in [0.25, 0.3) is 0 Å². The monoisotopic (exact) mass is 386 g/mol. The summed E-state index contributed by atoms with van der Waals surface area (Å²) in [7, 11) is 1.96. The number of nitriles is 1. The summed E-state index contributed by atoms with van der Waals surface area (Å²) in [4.78, 5) is 10.9. The van der Waals surface area contributed by atoms with Gasteiger partial charge in [-0.2, -0.15) is 5.26 Å². The second kappa shape index (κ2) is 8.46. The van der Waals surface area contributed by atoms with Crippen molar-refractivity contribution < 1.29 is 4.74 Å². The second-order valence-electron chi connectivity index (χ2n) is 5.26. The lowest BCUT2D eigenvalue weighted by Gasteiger charge is -2.11. The van der Waals surface area contributed by atoms with Crippen LogP contribution in [0.1, 0.15) is 23.7 Å². The first-order chi connectivity index (χ1) is 11.5. The molecule has 0 aliphatic heterocycles. The minimum absolute atomic E-state index is 0.288. The Labute approximate surface area is 150 Å². The molecular weight excluding hydrogens is 368 g/mol. The van der Waals surface area contributed by atoms with Crippen LogP contribution in [-0.2, 0) is 6.61 Å². The van der Waals surface area contributed by atoms with Gasteiger partial charge in [-0.1, -0.05) is 18.2 Å². The third-order valence-corrected chi connectivity index (χ3v) is 4.07. The van der Waals surface area contributed by atoms with Crippen molar-refractivity contribution in [2.45, 2.75) is 20.5 Å². The summed E-state index contributed by atoms with van der Waals surface area (Å²) >= 11 is 3.47. The number of pyridine rings is 1. The minimum atomic E-state index is 0.288. The van der Waals surface area contributed by atoms with E-state index in [4.69, 9.17) is 10.00 Å². The summed E-state index contributed by atoms with van der Waals surface area (Å²) in [5.74, 6) is 0.489. The number of rotatable bonds is 6. The number of halogens is 1. The van der Waals surface area contributed by atoms with E-state index in [-0.39, 0.29) is 6.61 Å². The van der Waals surface area contributed by atoms with Crippen LogP contribution in [0.2, 0.25) is 0 Å². The number of ether oxygens (including phenoxy) is 1. The Morgan fingerprint density at radius 1 is 1.42 bits per heavy atom. The molecule has 124 valence electrons. The molecule has 0 unspecified atom stereocenters. The Hall–Kier alpha value is -2.39. The van der Waals surface area contributed by atoms with Crippen LogP contribution in [0.4, 0.5) is 5.69 Å². The van der Waals surface area contributed by atoms with Crippen LogP contribution in [0.3, 0.4) is 0 Å². The molecule has 0 aliphatic carbocycles. The van der Waals surface area contributed by atoms with Crippen molar-refractivity contribution in [2.24, 2.45) is 4.99 Å². The Morgan fingerprint density at radius 2 is 2.17 bits per heavy atom. The molecule has 0 spiro atoms. The first-order valence-electron chi connectivity index (χ1n) is 7.57. The summed E-state index contributed by atoms with van der Waals surface area (Å²) < 4.78 is 6.51. The van der Waals surface area contributed by atoms with Crippen molar-refractivity contribution in [3.05, 3.63) is 51.6 Å². The van der Waals surface area contributed by atoms with Crippen molar-refractivity contribution >= 4 is 28.0 Å². The Morgan fingerprint density at radius 3 is 2.88 bits per heavy atom. The summed E-state index contributed by atoms with van der Waals surface area (Å²) in [6.07, 6.45) is 1.78. The molecule has 1 aromatic heterocycles. The van der Waals surface area contributed by atoms with Gasteiger partial charge in [0, 0.05) is 19.2 Å². The van der Waals surface area contributed by atoms with Crippen molar-refractivity contribution in [3.8, 4) is 11.9 Å². The van der Waals surface area contributed by atoms with E-state index >= 15 is 0 Å². The summed E-state index contributed by atoms with van der Waals surface area (Å²) in [6, 6.07) is 11.4. The summed E-state index contributed by atoms with van der Waals surface area (Å²) in [5, 5.41) is 9.12. The molecule has 0 saturated heterocycles. The molecule has 0 radical (unpaired) electrons. The SMILES string of the molecule is CCN(C)C=Nc1cc(Br)c(OCc2ccccc2C#N)nc1C. The molecule has 0 atom stereocenters. The summed E-state index contributed by atoms with van der Waals surface area (Å²) in [6.45, 7) is 5.12. The molecule has 2 rings (SSSR count). The summed E-state index contributed by atoms with van der Waals surface area (Å²) in [5.41, 5.74) is 3.00. The minimum Gasteiger partial charge on any atom is -0.472 e. The van der Waals surface area contributed by atoms with E-state index in [1.165, 1.54) is 0 Å². The predicted molar refractivity (Wildman–Crippen MR) is 98.6 cm³/mol. The molecule has 0 amide bonds. The van der Waals surface area contributed by atoms with Gasteiger partial charge in [-0.3, -0.25) is 0 Å². The van der Waals surface area contributed by atoms with Crippen LogP contribution >= 0.6 is 15.9 Å². The topological polar surface area (TPSA) is 61.5 Å². The Bertz CT molecular complexity index is 783. The maximum atomic E-state index is 9.12. The second-order valence-corrected chi connectivity index (χ2v) is 6.11. The van der Waals surface area contributed by atoms with Crippen LogP contribution in [0.25, 0.3) is 0 Å². The van der Waals surface area contributed by atoms with Gasteiger partial charge in [0.1, 0.15) is 6.61 Å². The van der Waals surface area contributed by atoms with Crippen molar-refractivity contribution in [3.63, 3.8) is 0 Å². The molecule has 0 fully saturated rings. The van der Waals surface area contributed by atoms with E-state index in [1.54, 1.807) is 12.4 Å². The van der Waals surface area contributed by atoms with E-state index in [2.05, 4.69) is 38.9 Å². The molecule has 6 heteroatoms. The van der Waals surface area contributed by atoms with Crippen molar-refractivity contribution in [2.75, 3.05) is 13.6 Å². The highest BCUT2D eigenvalue weighted by Gasteiger charge is 2.10. The van der Waals surface area contributed by atoms with Gasteiger partial charge < -0.3 is 9.64 Å². The fourth-order valence-electron chi connectivity index (χ4n) is 1.92. The lowest BCUT2D eigenvalue weighted by molar-refractivity contribution is 0.291. The molecule has 0 bridgehead atoms. The molecule has 1 heterocycles. The zero-order valence-electron chi connectivity index (χ0n) is 14.0. The van der Waals surface area contributed by atoms with Crippen molar-refractivity contribution in [1.82, 2.24) is 9.88 Å². The number of aryl methyl sites for hydroxylation is 1. The van der Waals surface area contributed by atoms with Crippen LogP contribution < -0.4 is 4.74 Å². The fraction of sp³-hybridized carbons (Fsp3) is 0.278. The van der Waals surface area contributed by atoms with Crippen LogP contribution in [-0.4, -0.2) is 29.8 Å². The van der Waals surface area contributed by atoms with E-state index < -0.39 is 0 Å². The van der Waals surface area contributed by atoms with Gasteiger partial charge in [0.2, 0.25) is 5.88 Å². The average molecular weight is 387 g/mol. The number of hydrogen-bond donors (Lipinski definition) is 0. The van der Waals surface area contributed by atoms with Gasteiger partial charge in [0.05, 0.1) is 33.8 Å². The Kier molecular flexibility index (Phi) is 6.33. The Balaban J connectivity index is 2.16. The van der Waals surface area contributed by atoms with Gasteiger partial charge in [0.15, 0.2) is 0 Å². The van der Waals surface area contributed by atoms with E-state index in [0.29, 0.717) is 11.4 Å². The highest BCUT2D eigenvalue weighted by molar-refractivity contribution is 9.10. The molecule has 0 saturated carbocycles. The van der Waals surface area contributed by atoms with Gasteiger partial charge in [-0.05, 0) is 41.9 Å². The molecule has 24 heavy (non-hydrogen) atoms. The normalized spacial score (nSPS) is 10.6. The number of benzene rings is 1. The standard InChI is InChI=1S/C18H19BrN4O/c1-4-23(3)12-21-17-9-16(19)18(22-13(17)2)24-11-15-8-6-5-7-14(15)10-20/h5-9,12H,4,11H2,1-3H3. The third-order valence-electron chi connectivity index (χ3n) is 3.50. The zero-order valence-corrected chi connectivity index (χ0v) is 15.5. The van der Waals surface area contributed by atoms with Crippen LogP contribution in [0, 0.1) is 18.3 Å². The molecule has 2 aromatic rings. The molecule has 1 aromatic carbocycles. The van der Waals surface area contributed by atoms with Gasteiger partial charge in [-0.15, -0.1) is 0 Å². The lowest BCUT2D eigenvalue weighted by atomic mass is 10.1. The molecule has 0 N–H and O–H groups in total. The number of nitrogens with zero attached hydrogens (tertiary/aromatic N) is 4. The highest BCUT2D eigenvalue weighted by Crippen LogP contribution is 2.30. The van der Waals surface area contributed by atoms with E-state index in [0.717, 1.165) is 28.0 Å². The van der Waals surface area contributed by atoms with E-state index in [9.17, 15) is 0 Å². The van der Waals surface area contributed by atoms with Crippen LogP contribution in [0.15, 0.2) is 39.8 Å². The molecule has 5 nitrogen and oxygen atoms in total. The van der Waals surface area contributed by atoms with Crippen molar-refractivity contribution in [1.29, 1.82) is 5.26 Å². The molecular formula is C18H19BrN4O. The highest BCUT2D eigenvalue weighted by atomic mass is 79.9. The number of hydrogen-bond acceptors (Lipinski definition) is 4. The van der Waals surface area contributed by atoms with E-state index in [1.807, 2.05) is 43.1 Å². The molecule has 0 aliphatic rings. The zero-order chi connectivity index (χ0) is 17.5. The largest absolute Gasteiger partial charge is 0.472 e. The average Bonchev–Trinajstić information content (AvgIpc) is 2.60. The maximum Gasteiger partial charge on any atom is 0.228 e. The lowest BCUT2D eigenvalue weighted by Crippen LogP contribution is -2.14. The van der Waals surface area contributed by atoms with Gasteiger partial charge in [-0.25, -0.2) is 9.98 Å². The first kappa shape index (κ1) is 18.0. The third kappa shape index (κ3) is 4.56. The first-order valence-corrected chi connectivity index (χ1v) is 8.36. The number of aliphatic imine (C=N–C) groups is 1. The number of aromatic nitrogens is 1. The predicted octanol–water partition coefficient (Wildman–Crippen LogP) is 4.21.